The van der Waals surface area contributed by atoms with Gasteiger partial charge < -0.3 is 5.73 Å². The zero-order chi connectivity index (χ0) is 10.4. The van der Waals surface area contributed by atoms with E-state index in [9.17, 15) is 0 Å². The van der Waals surface area contributed by atoms with Crippen molar-refractivity contribution < 1.29 is 0 Å². The van der Waals surface area contributed by atoms with Crippen molar-refractivity contribution in [1.82, 2.24) is 14.4 Å². The number of imidazole rings is 1. The number of aromatic nitrogens is 3. The van der Waals surface area contributed by atoms with E-state index in [1.807, 2.05) is 29.1 Å². The largest absolute Gasteiger partial charge is 0.389 e. The quantitative estimate of drug-likeness (QED) is 0.706. The number of hydrogen-bond donors (Lipinski definition) is 1. The molecule has 6 heteroatoms. The predicted octanol–water partition coefficient (Wildman–Crippen LogP) is 2.41. The van der Waals surface area contributed by atoms with Gasteiger partial charge in [0.25, 0.3) is 0 Å². The van der Waals surface area contributed by atoms with Crippen LogP contribution in [0, 0.1) is 6.92 Å². The Labute approximate surface area is 94.0 Å². The fourth-order valence-electron chi connectivity index (χ4n) is 1.35. The zero-order valence-electron chi connectivity index (χ0n) is 7.97. The third kappa shape index (κ3) is 1.33. The average molecular weight is 236 g/mol. The Hall–Kier alpha value is -1.40. The Bertz CT molecular complexity index is 571. The first kappa shape index (κ1) is 8.87. The van der Waals surface area contributed by atoms with Crippen molar-refractivity contribution in [3.8, 4) is 10.7 Å². The molecule has 0 bridgehead atoms. The highest BCUT2D eigenvalue weighted by molar-refractivity contribution is 7.19. The number of nitrogens with two attached hydrogens (primary N) is 1. The van der Waals surface area contributed by atoms with E-state index in [1.54, 1.807) is 11.3 Å². The first-order valence-electron chi connectivity index (χ1n) is 4.39. The summed E-state index contributed by atoms with van der Waals surface area (Å²) in [7, 11) is 0. The van der Waals surface area contributed by atoms with Crippen molar-refractivity contribution >= 4 is 32.6 Å². The molecule has 0 spiro atoms. The van der Waals surface area contributed by atoms with Crippen LogP contribution in [0.4, 0.5) is 5.00 Å². The van der Waals surface area contributed by atoms with Gasteiger partial charge in [0, 0.05) is 17.8 Å². The maximum Gasteiger partial charge on any atom is 0.194 e. The van der Waals surface area contributed by atoms with Crippen LogP contribution >= 0.6 is 22.7 Å². The highest BCUT2D eigenvalue weighted by Crippen LogP contribution is 2.29. The molecule has 0 saturated carbocycles. The lowest BCUT2D eigenvalue weighted by Crippen LogP contribution is -1.81. The summed E-state index contributed by atoms with van der Waals surface area (Å²) >= 11 is 3.09. The average Bonchev–Trinajstić information content (AvgIpc) is 2.80. The van der Waals surface area contributed by atoms with Crippen molar-refractivity contribution in [3.05, 3.63) is 23.5 Å². The highest BCUT2D eigenvalue weighted by Gasteiger charge is 2.10. The van der Waals surface area contributed by atoms with Gasteiger partial charge in [-0.15, -0.1) is 11.3 Å². The number of thiazole rings is 2. The fourth-order valence-corrected chi connectivity index (χ4v) is 2.84. The molecule has 0 radical (unpaired) electrons. The van der Waals surface area contributed by atoms with Crippen LogP contribution in [0.2, 0.25) is 0 Å². The maximum atomic E-state index is 5.77. The molecule has 0 aromatic carbocycles. The lowest BCUT2D eigenvalue weighted by molar-refractivity contribution is 1.23. The molecule has 3 aromatic heterocycles. The lowest BCUT2D eigenvalue weighted by Gasteiger charge is -1.84. The Morgan fingerprint density at radius 2 is 2.27 bits per heavy atom. The van der Waals surface area contributed by atoms with Crippen molar-refractivity contribution in [1.29, 1.82) is 0 Å². The maximum absolute atomic E-state index is 5.77. The van der Waals surface area contributed by atoms with Gasteiger partial charge in [-0.05, 0) is 6.92 Å². The van der Waals surface area contributed by atoms with Gasteiger partial charge in [0.1, 0.15) is 15.7 Å². The molecular weight excluding hydrogens is 228 g/mol. The van der Waals surface area contributed by atoms with Gasteiger partial charge in [-0.2, -0.15) is 0 Å². The monoisotopic (exact) mass is 236 g/mol. The highest BCUT2D eigenvalue weighted by atomic mass is 32.1. The van der Waals surface area contributed by atoms with Crippen molar-refractivity contribution in [2.24, 2.45) is 0 Å². The van der Waals surface area contributed by atoms with E-state index in [0.717, 1.165) is 26.4 Å². The first-order chi connectivity index (χ1) is 7.24. The molecule has 0 atom stereocenters. The molecule has 15 heavy (non-hydrogen) atoms. The summed E-state index contributed by atoms with van der Waals surface area (Å²) in [5, 5.41) is 3.66. The molecule has 0 saturated heterocycles. The summed E-state index contributed by atoms with van der Waals surface area (Å²) in [6, 6.07) is 0. The first-order valence-corrected chi connectivity index (χ1v) is 6.09. The van der Waals surface area contributed by atoms with Crippen LogP contribution in [0.3, 0.4) is 0 Å². The molecule has 3 heterocycles. The van der Waals surface area contributed by atoms with Crippen LogP contribution in [0.1, 0.15) is 5.69 Å². The van der Waals surface area contributed by atoms with Gasteiger partial charge in [-0.1, -0.05) is 11.3 Å². The topological polar surface area (TPSA) is 56.2 Å². The Morgan fingerprint density at radius 1 is 1.40 bits per heavy atom. The molecule has 3 aromatic rings. The van der Waals surface area contributed by atoms with Gasteiger partial charge >= 0.3 is 0 Å². The summed E-state index contributed by atoms with van der Waals surface area (Å²) in [4.78, 5) is 9.83. The Kier molecular flexibility index (Phi) is 1.80. The minimum atomic E-state index is 0.765. The molecule has 0 aliphatic rings. The molecule has 3 rings (SSSR count). The lowest BCUT2D eigenvalue weighted by atomic mass is 10.5. The summed E-state index contributed by atoms with van der Waals surface area (Å²) < 4.78 is 1.99. The van der Waals surface area contributed by atoms with Gasteiger partial charge in [-0.25, -0.2) is 9.97 Å². The molecule has 0 amide bonds. The number of hydrogen-bond acceptors (Lipinski definition) is 5. The van der Waals surface area contributed by atoms with Crippen LogP contribution in [-0.2, 0) is 0 Å². The zero-order valence-corrected chi connectivity index (χ0v) is 9.60. The van der Waals surface area contributed by atoms with Crippen molar-refractivity contribution in [3.63, 3.8) is 0 Å². The smallest absolute Gasteiger partial charge is 0.194 e. The van der Waals surface area contributed by atoms with E-state index < -0.39 is 0 Å². The molecule has 0 aliphatic carbocycles. The van der Waals surface area contributed by atoms with Gasteiger partial charge in [0.15, 0.2) is 4.96 Å². The van der Waals surface area contributed by atoms with Crippen LogP contribution < -0.4 is 5.73 Å². The summed E-state index contributed by atoms with van der Waals surface area (Å²) in [6.45, 7) is 1.91. The number of rotatable bonds is 1. The molecular formula is C9H8N4S2. The minimum absolute atomic E-state index is 0.765. The number of fused-ring (bicyclic) bond motifs is 1. The van der Waals surface area contributed by atoms with E-state index in [1.165, 1.54) is 11.3 Å². The van der Waals surface area contributed by atoms with Gasteiger partial charge in [-0.3, -0.25) is 4.40 Å². The van der Waals surface area contributed by atoms with E-state index in [0.29, 0.717) is 0 Å². The number of nitrogen functional groups attached to an aromatic ring is 1. The molecule has 4 nitrogen and oxygen atoms in total. The van der Waals surface area contributed by atoms with Crippen molar-refractivity contribution in [2.45, 2.75) is 6.92 Å². The van der Waals surface area contributed by atoms with E-state index >= 15 is 0 Å². The number of nitrogens with zero attached hydrogens (tertiary/aromatic N) is 3. The fraction of sp³-hybridized carbons (Fsp3) is 0.111. The number of aryl methyl sites for hydroxylation is 1. The molecule has 2 N–H and O–H groups in total. The second-order valence-electron chi connectivity index (χ2n) is 3.19. The number of anilines is 1. The van der Waals surface area contributed by atoms with Crippen LogP contribution in [0.25, 0.3) is 15.7 Å². The standard InChI is InChI=1S/C9H8N4S2/c1-5-7(10)15-8(11-5)6-4-13-2-3-14-9(13)12-6/h2-4H,10H2,1H3. The van der Waals surface area contributed by atoms with Gasteiger partial charge in [0.2, 0.25) is 0 Å². The third-order valence-corrected chi connectivity index (χ3v) is 3.92. The Balaban J connectivity index is 2.17. The predicted molar refractivity (Wildman–Crippen MR) is 63.3 cm³/mol. The SMILES string of the molecule is Cc1nc(-c2cn3ccsc3n2)sc1N. The normalized spacial score (nSPS) is 11.3. The summed E-state index contributed by atoms with van der Waals surface area (Å²) in [5.74, 6) is 0. The minimum Gasteiger partial charge on any atom is -0.389 e. The van der Waals surface area contributed by atoms with Crippen molar-refractivity contribution in [2.75, 3.05) is 5.73 Å². The molecule has 0 unspecified atom stereocenters. The van der Waals surface area contributed by atoms with E-state index in [2.05, 4.69) is 9.97 Å². The van der Waals surface area contributed by atoms with Gasteiger partial charge in [0.05, 0.1) is 5.69 Å². The second-order valence-corrected chi connectivity index (χ2v) is 5.09. The summed E-state index contributed by atoms with van der Waals surface area (Å²) in [6.07, 6.45) is 3.96. The third-order valence-electron chi connectivity index (χ3n) is 2.14. The van der Waals surface area contributed by atoms with Crippen LogP contribution in [-0.4, -0.2) is 14.4 Å². The molecule has 0 aliphatic heterocycles. The van der Waals surface area contributed by atoms with Crippen LogP contribution in [0.15, 0.2) is 17.8 Å². The molecule has 0 fully saturated rings. The van der Waals surface area contributed by atoms with E-state index in [4.69, 9.17) is 5.73 Å². The Morgan fingerprint density at radius 3 is 2.93 bits per heavy atom. The second kappa shape index (κ2) is 3.04. The molecule has 76 valence electrons. The summed E-state index contributed by atoms with van der Waals surface area (Å²) in [5.41, 5.74) is 7.55. The van der Waals surface area contributed by atoms with Crippen LogP contribution in [0.5, 0.6) is 0 Å². The van der Waals surface area contributed by atoms with E-state index in [-0.39, 0.29) is 0 Å².